The molecule has 0 heterocycles. The van der Waals surface area contributed by atoms with Crippen molar-refractivity contribution in [1.29, 1.82) is 0 Å². The molecule has 20 heavy (non-hydrogen) atoms. The van der Waals surface area contributed by atoms with Gasteiger partial charge in [-0.3, -0.25) is 5.43 Å². The Hall–Kier alpha value is -2.33. The van der Waals surface area contributed by atoms with E-state index >= 15 is 0 Å². The van der Waals surface area contributed by atoms with Crippen LogP contribution in [0.1, 0.15) is 22.8 Å². The minimum absolute atomic E-state index is 0.0696. The minimum atomic E-state index is -1.24. The molecule has 0 spiro atoms. The molecule has 0 saturated carbocycles. The Balaban J connectivity index is 2.21. The molecular formula is C15H12ClN2O2-. The van der Waals surface area contributed by atoms with Gasteiger partial charge in [-0.2, -0.15) is 5.10 Å². The molecule has 5 heteroatoms. The lowest BCUT2D eigenvalue weighted by Gasteiger charge is -2.10. The number of halogens is 1. The van der Waals surface area contributed by atoms with Gasteiger partial charge in [0.1, 0.15) is 0 Å². The van der Waals surface area contributed by atoms with Crippen molar-refractivity contribution in [2.75, 3.05) is 5.43 Å². The maximum Gasteiger partial charge on any atom is 0.0736 e. The number of carboxylic acids is 1. The zero-order valence-corrected chi connectivity index (χ0v) is 11.5. The Morgan fingerprint density at radius 1 is 1.15 bits per heavy atom. The predicted molar refractivity (Wildman–Crippen MR) is 78.1 cm³/mol. The largest absolute Gasteiger partial charge is 0.545 e. The first-order chi connectivity index (χ1) is 9.58. The highest BCUT2D eigenvalue weighted by atomic mass is 35.5. The Labute approximate surface area is 121 Å². The van der Waals surface area contributed by atoms with Gasteiger partial charge in [-0.05, 0) is 30.7 Å². The second-order valence-corrected chi connectivity index (χ2v) is 4.59. The van der Waals surface area contributed by atoms with Crippen LogP contribution in [0.5, 0.6) is 0 Å². The number of hydrogen-bond acceptors (Lipinski definition) is 4. The van der Waals surface area contributed by atoms with Crippen LogP contribution in [0.15, 0.2) is 53.6 Å². The number of rotatable bonds is 4. The highest BCUT2D eigenvalue weighted by molar-refractivity contribution is 6.30. The molecule has 0 aliphatic rings. The molecule has 0 aliphatic heterocycles. The average Bonchev–Trinajstić information content (AvgIpc) is 2.45. The summed E-state index contributed by atoms with van der Waals surface area (Å²) in [5, 5.41) is 15.8. The normalized spacial score (nSPS) is 11.2. The highest BCUT2D eigenvalue weighted by Gasteiger charge is 2.02. The Kier molecular flexibility index (Phi) is 4.38. The van der Waals surface area contributed by atoms with Gasteiger partial charge in [0.25, 0.3) is 0 Å². The van der Waals surface area contributed by atoms with E-state index in [1.54, 1.807) is 30.3 Å². The fourth-order valence-corrected chi connectivity index (χ4v) is 1.78. The number of para-hydroxylation sites is 1. The van der Waals surface area contributed by atoms with Crippen LogP contribution < -0.4 is 10.5 Å². The van der Waals surface area contributed by atoms with E-state index < -0.39 is 5.97 Å². The predicted octanol–water partition coefficient (Wildman–Crippen LogP) is 2.54. The first-order valence-corrected chi connectivity index (χ1v) is 6.32. The summed E-state index contributed by atoms with van der Waals surface area (Å²) in [6.45, 7) is 1.82. The van der Waals surface area contributed by atoms with Crippen LogP contribution in [0.2, 0.25) is 5.02 Å². The van der Waals surface area contributed by atoms with Gasteiger partial charge in [-0.1, -0.05) is 41.9 Å². The van der Waals surface area contributed by atoms with Gasteiger partial charge in [-0.15, -0.1) is 0 Å². The van der Waals surface area contributed by atoms with Gasteiger partial charge < -0.3 is 9.90 Å². The summed E-state index contributed by atoms with van der Waals surface area (Å²) in [6, 6.07) is 13.7. The third-order valence-electron chi connectivity index (χ3n) is 2.75. The lowest BCUT2D eigenvalue weighted by Crippen LogP contribution is -2.23. The van der Waals surface area contributed by atoms with Gasteiger partial charge >= 0.3 is 0 Å². The van der Waals surface area contributed by atoms with Crippen molar-refractivity contribution in [1.82, 2.24) is 0 Å². The van der Waals surface area contributed by atoms with Crippen molar-refractivity contribution < 1.29 is 9.90 Å². The number of hydrazone groups is 1. The summed E-state index contributed by atoms with van der Waals surface area (Å²) >= 11 is 5.82. The monoisotopic (exact) mass is 287 g/mol. The summed E-state index contributed by atoms with van der Waals surface area (Å²) in [7, 11) is 0. The molecule has 0 unspecified atom stereocenters. The number of nitrogens with zero attached hydrogens (tertiary/aromatic N) is 1. The third kappa shape index (κ3) is 3.36. The molecule has 0 bridgehead atoms. The number of hydrogen-bond donors (Lipinski definition) is 1. The number of anilines is 1. The molecule has 4 nitrogen and oxygen atoms in total. The molecular weight excluding hydrogens is 276 g/mol. The van der Waals surface area contributed by atoms with E-state index in [4.69, 9.17) is 11.6 Å². The molecule has 102 valence electrons. The van der Waals surface area contributed by atoms with Crippen molar-refractivity contribution in [3.63, 3.8) is 0 Å². The van der Waals surface area contributed by atoms with Crippen LogP contribution in [0.3, 0.4) is 0 Å². The summed E-state index contributed by atoms with van der Waals surface area (Å²) in [6.07, 6.45) is 0. The second-order valence-electron chi connectivity index (χ2n) is 4.15. The summed E-state index contributed by atoms with van der Waals surface area (Å²) in [5.74, 6) is -1.24. The van der Waals surface area contributed by atoms with Gasteiger partial charge in [0.2, 0.25) is 0 Å². The Morgan fingerprint density at radius 3 is 2.45 bits per heavy atom. The van der Waals surface area contributed by atoms with E-state index in [1.807, 2.05) is 19.1 Å². The van der Waals surface area contributed by atoms with Crippen LogP contribution in [-0.2, 0) is 0 Å². The molecule has 0 radical (unpaired) electrons. The smallest absolute Gasteiger partial charge is 0.0736 e. The van der Waals surface area contributed by atoms with Crippen LogP contribution in [-0.4, -0.2) is 11.7 Å². The van der Waals surface area contributed by atoms with E-state index in [-0.39, 0.29) is 5.56 Å². The Bertz CT molecular complexity index is 651. The number of carbonyl (C=O) groups is 1. The van der Waals surface area contributed by atoms with Crippen LogP contribution in [0, 0.1) is 0 Å². The SMILES string of the molecule is C/C(=N\Nc1ccccc1C(=O)[O-])c1ccc(Cl)cc1. The van der Waals surface area contributed by atoms with Crippen molar-refractivity contribution in [3.05, 3.63) is 64.7 Å². The van der Waals surface area contributed by atoms with E-state index in [0.29, 0.717) is 10.7 Å². The number of benzene rings is 2. The van der Waals surface area contributed by atoms with Crippen molar-refractivity contribution >= 4 is 29.0 Å². The van der Waals surface area contributed by atoms with E-state index in [1.165, 1.54) is 6.07 Å². The van der Waals surface area contributed by atoms with E-state index in [9.17, 15) is 9.90 Å². The zero-order chi connectivity index (χ0) is 14.5. The molecule has 0 aliphatic carbocycles. The third-order valence-corrected chi connectivity index (χ3v) is 3.01. The average molecular weight is 288 g/mol. The van der Waals surface area contributed by atoms with Crippen LogP contribution in [0.25, 0.3) is 0 Å². The molecule has 0 aromatic heterocycles. The maximum atomic E-state index is 11.0. The molecule has 2 aromatic carbocycles. The fraction of sp³-hybridized carbons (Fsp3) is 0.0667. The molecule has 0 amide bonds. The lowest BCUT2D eigenvalue weighted by molar-refractivity contribution is -0.254. The van der Waals surface area contributed by atoms with Gasteiger partial charge in [0.05, 0.1) is 17.4 Å². The highest BCUT2D eigenvalue weighted by Crippen LogP contribution is 2.15. The standard InChI is InChI=1S/C15H13ClN2O2/c1-10(11-6-8-12(16)9-7-11)17-18-14-5-3-2-4-13(14)15(19)20/h2-9,18H,1H3,(H,19,20)/p-1/b17-10+. The first kappa shape index (κ1) is 14.1. The number of carbonyl (C=O) groups excluding carboxylic acids is 1. The molecule has 0 atom stereocenters. The first-order valence-electron chi connectivity index (χ1n) is 5.94. The molecule has 2 rings (SSSR count). The van der Waals surface area contributed by atoms with Crippen molar-refractivity contribution in [2.45, 2.75) is 6.92 Å². The van der Waals surface area contributed by atoms with E-state index in [0.717, 1.165) is 11.3 Å². The van der Waals surface area contributed by atoms with Gasteiger partial charge in [-0.25, -0.2) is 0 Å². The number of aromatic carboxylic acids is 1. The second kappa shape index (κ2) is 6.21. The van der Waals surface area contributed by atoms with Gasteiger partial charge in [0, 0.05) is 10.6 Å². The molecule has 1 N–H and O–H groups in total. The zero-order valence-electron chi connectivity index (χ0n) is 10.8. The van der Waals surface area contributed by atoms with Crippen LogP contribution in [0.4, 0.5) is 5.69 Å². The summed E-state index contributed by atoms with van der Waals surface area (Å²) < 4.78 is 0. The van der Waals surface area contributed by atoms with Crippen molar-refractivity contribution in [3.8, 4) is 0 Å². The van der Waals surface area contributed by atoms with E-state index in [2.05, 4.69) is 10.5 Å². The maximum absolute atomic E-state index is 11.0. The van der Waals surface area contributed by atoms with Crippen LogP contribution >= 0.6 is 11.6 Å². The quantitative estimate of drug-likeness (QED) is 0.694. The molecule has 0 fully saturated rings. The van der Waals surface area contributed by atoms with Crippen molar-refractivity contribution in [2.24, 2.45) is 5.10 Å². The topological polar surface area (TPSA) is 64.5 Å². The molecule has 0 saturated heterocycles. The number of nitrogens with one attached hydrogen (secondary N) is 1. The molecule has 2 aromatic rings. The summed E-state index contributed by atoms with van der Waals surface area (Å²) in [4.78, 5) is 11.0. The summed E-state index contributed by atoms with van der Waals surface area (Å²) in [5.41, 5.74) is 4.81. The number of carboxylic acid groups (broad SMARTS) is 1. The lowest BCUT2D eigenvalue weighted by atomic mass is 10.1. The van der Waals surface area contributed by atoms with Gasteiger partial charge in [0.15, 0.2) is 0 Å². The minimum Gasteiger partial charge on any atom is -0.545 e. The fourth-order valence-electron chi connectivity index (χ4n) is 1.66. The Morgan fingerprint density at radius 2 is 1.80 bits per heavy atom.